The van der Waals surface area contributed by atoms with Crippen molar-refractivity contribution in [3.05, 3.63) is 101 Å². The molecule has 0 aliphatic heterocycles. The number of pyridine rings is 1. The molecule has 0 fully saturated rings. The number of hydrogen-bond acceptors (Lipinski definition) is 5. The Morgan fingerprint density at radius 2 is 1.91 bits per heavy atom. The minimum absolute atomic E-state index is 0.102. The van der Waals surface area contributed by atoms with E-state index in [2.05, 4.69) is 25.7 Å². The van der Waals surface area contributed by atoms with Gasteiger partial charge in [-0.05, 0) is 54.3 Å². The minimum atomic E-state index is -1.04. The summed E-state index contributed by atoms with van der Waals surface area (Å²) in [5.41, 5.74) is 2.41. The largest absolute Gasteiger partial charge is 0.481 e. The van der Waals surface area contributed by atoms with Gasteiger partial charge in [0.15, 0.2) is 0 Å². The standard InChI is InChI=1S/C25H21ClFN5O3/c26-17-8-9-21(27)19(12-17)16-6-4-15(5-7-16)11-18(30-24(33)23-14-29-32-31-23)13-20(25(34)35)22-3-1-2-10-28-22/h1-10,12,14,18,20H,11,13H2,(H,30,33)(H,34,35)(H,29,31,32)/t18?,20-/m0/s1. The molecule has 2 heterocycles. The highest BCUT2D eigenvalue weighted by molar-refractivity contribution is 6.30. The first-order valence-electron chi connectivity index (χ1n) is 10.8. The van der Waals surface area contributed by atoms with E-state index in [0.29, 0.717) is 28.3 Å². The number of carboxylic acids is 1. The van der Waals surface area contributed by atoms with Crippen molar-refractivity contribution in [3.63, 3.8) is 0 Å². The van der Waals surface area contributed by atoms with E-state index in [9.17, 15) is 19.1 Å². The molecule has 2 atom stereocenters. The van der Waals surface area contributed by atoms with Crippen LogP contribution in [0.2, 0.25) is 5.02 Å². The van der Waals surface area contributed by atoms with Gasteiger partial charge in [0.1, 0.15) is 17.4 Å². The van der Waals surface area contributed by atoms with Crippen molar-refractivity contribution in [1.82, 2.24) is 25.7 Å². The molecule has 4 rings (SSSR count). The van der Waals surface area contributed by atoms with Gasteiger partial charge >= 0.3 is 5.97 Å². The van der Waals surface area contributed by atoms with Gasteiger partial charge in [0.2, 0.25) is 0 Å². The van der Waals surface area contributed by atoms with Crippen LogP contribution in [0, 0.1) is 5.82 Å². The lowest BCUT2D eigenvalue weighted by Gasteiger charge is -2.22. The van der Waals surface area contributed by atoms with Crippen molar-refractivity contribution in [3.8, 4) is 11.1 Å². The number of carbonyl (C=O) groups excluding carboxylic acids is 1. The van der Waals surface area contributed by atoms with E-state index in [-0.39, 0.29) is 17.9 Å². The first-order chi connectivity index (χ1) is 16.9. The lowest BCUT2D eigenvalue weighted by molar-refractivity contribution is -0.139. The molecular weight excluding hydrogens is 473 g/mol. The van der Waals surface area contributed by atoms with E-state index in [0.717, 1.165) is 5.56 Å². The molecule has 0 saturated carbocycles. The average Bonchev–Trinajstić information content (AvgIpc) is 3.40. The predicted octanol–water partition coefficient (Wildman–Crippen LogP) is 4.26. The van der Waals surface area contributed by atoms with Crippen LogP contribution in [0.4, 0.5) is 4.39 Å². The molecule has 35 heavy (non-hydrogen) atoms. The smallest absolute Gasteiger partial charge is 0.312 e. The van der Waals surface area contributed by atoms with Crippen LogP contribution in [0.1, 0.15) is 34.1 Å². The Morgan fingerprint density at radius 3 is 2.57 bits per heavy atom. The average molecular weight is 494 g/mol. The fraction of sp³-hybridized carbons (Fsp3) is 0.160. The third-order valence-electron chi connectivity index (χ3n) is 5.53. The summed E-state index contributed by atoms with van der Waals surface area (Å²) in [5, 5.41) is 22.8. The topological polar surface area (TPSA) is 121 Å². The zero-order valence-corrected chi connectivity index (χ0v) is 19.1. The first-order valence-corrected chi connectivity index (χ1v) is 11.1. The van der Waals surface area contributed by atoms with Gasteiger partial charge in [-0.15, -0.1) is 5.10 Å². The minimum Gasteiger partial charge on any atom is -0.481 e. The van der Waals surface area contributed by atoms with Gasteiger partial charge in [0.05, 0.1) is 11.9 Å². The molecule has 0 spiro atoms. The van der Waals surface area contributed by atoms with E-state index in [1.54, 1.807) is 36.4 Å². The van der Waals surface area contributed by atoms with Crippen LogP contribution in [0.3, 0.4) is 0 Å². The van der Waals surface area contributed by atoms with Crippen LogP contribution < -0.4 is 5.32 Å². The van der Waals surface area contributed by atoms with Crippen molar-refractivity contribution in [2.75, 3.05) is 0 Å². The molecule has 2 aromatic heterocycles. The fourth-order valence-corrected chi connectivity index (χ4v) is 3.97. The van der Waals surface area contributed by atoms with Crippen molar-refractivity contribution in [1.29, 1.82) is 0 Å². The predicted molar refractivity (Wildman–Crippen MR) is 127 cm³/mol. The SMILES string of the molecule is O=C(NC(Cc1ccc(-c2cc(Cl)ccc2F)cc1)C[C@H](C(=O)O)c1ccccn1)c1cnn[nH]1. The van der Waals surface area contributed by atoms with Crippen LogP contribution in [-0.2, 0) is 11.2 Å². The van der Waals surface area contributed by atoms with Crippen LogP contribution in [0.5, 0.6) is 0 Å². The summed E-state index contributed by atoms with van der Waals surface area (Å²) >= 11 is 6.01. The summed E-state index contributed by atoms with van der Waals surface area (Å²) in [7, 11) is 0. The molecule has 1 unspecified atom stereocenters. The number of rotatable bonds is 9. The molecule has 2 aromatic carbocycles. The third-order valence-corrected chi connectivity index (χ3v) is 5.77. The van der Waals surface area contributed by atoms with Crippen molar-refractivity contribution in [2.24, 2.45) is 0 Å². The van der Waals surface area contributed by atoms with Crippen molar-refractivity contribution >= 4 is 23.5 Å². The Kier molecular flexibility index (Phi) is 7.47. The van der Waals surface area contributed by atoms with E-state index >= 15 is 0 Å². The number of aromatic amines is 1. The maximum Gasteiger partial charge on any atom is 0.312 e. The number of H-pyrrole nitrogens is 1. The number of hydrogen-bond donors (Lipinski definition) is 3. The van der Waals surface area contributed by atoms with Crippen LogP contribution >= 0.6 is 11.6 Å². The number of nitrogens with zero attached hydrogens (tertiary/aromatic N) is 3. The molecular formula is C25H21ClFN5O3. The summed E-state index contributed by atoms with van der Waals surface area (Å²) in [6.07, 6.45) is 3.25. The highest BCUT2D eigenvalue weighted by Gasteiger charge is 2.27. The Morgan fingerprint density at radius 1 is 1.11 bits per heavy atom. The molecule has 0 radical (unpaired) electrons. The molecule has 0 saturated heterocycles. The third kappa shape index (κ3) is 6.07. The number of benzene rings is 2. The summed E-state index contributed by atoms with van der Waals surface area (Å²) in [6.45, 7) is 0. The highest BCUT2D eigenvalue weighted by Crippen LogP contribution is 2.27. The monoisotopic (exact) mass is 493 g/mol. The zero-order chi connectivity index (χ0) is 24.8. The van der Waals surface area contributed by atoms with E-state index in [4.69, 9.17) is 11.6 Å². The molecule has 4 aromatic rings. The molecule has 1 amide bonds. The fourth-order valence-electron chi connectivity index (χ4n) is 3.80. The van der Waals surface area contributed by atoms with E-state index in [1.165, 1.54) is 24.5 Å². The maximum absolute atomic E-state index is 14.2. The highest BCUT2D eigenvalue weighted by atomic mass is 35.5. The van der Waals surface area contributed by atoms with Crippen molar-refractivity contribution in [2.45, 2.75) is 24.8 Å². The van der Waals surface area contributed by atoms with Gasteiger partial charge in [-0.25, -0.2) is 4.39 Å². The van der Waals surface area contributed by atoms with E-state index in [1.807, 2.05) is 12.1 Å². The van der Waals surface area contributed by atoms with Crippen molar-refractivity contribution < 1.29 is 19.1 Å². The Labute approximate surface area is 205 Å². The van der Waals surface area contributed by atoms with Gasteiger partial charge in [-0.1, -0.05) is 47.1 Å². The van der Waals surface area contributed by atoms with Crippen LogP contribution in [0.25, 0.3) is 11.1 Å². The molecule has 178 valence electrons. The second kappa shape index (κ2) is 10.9. The summed E-state index contributed by atoms with van der Waals surface area (Å²) in [4.78, 5) is 28.9. The van der Waals surface area contributed by atoms with Gasteiger partial charge in [-0.2, -0.15) is 0 Å². The number of aliphatic carboxylic acids is 1. The lowest BCUT2D eigenvalue weighted by atomic mass is 9.91. The van der Waals surface area contributed by atoms with Gasteiger partial charge in [0.25, 0.3) is 5.91 Å². The maximum atomic E-state index is 14.2. The molecule has 3 N–H and O–H groups in total. The van der Waals surface area contributed by atoms with Gasteiger partial charge in [0, 0.05) is 22.8 Å². The number of halogens is 2. The Balaban J connectivity index is 1.57. The zero-order valence-electron chi connectivity index (χ0n) is 18.4. The van der Waals surface area contributed by atoms with Gasteiger partial charge < -0.3 is 10.4 Å². The molecule has 8 nitrogen and oxygen atoms in total. The lowest BCUT2D eigenvalue weighted by Crippen LogP contribution is -2.39. The summed E-state index contributed by atoms with van der Waals surface area (Å²) < 4.78 is 14.2. The molecule has 10 heteroatoms. The number of carboxylic acid groups (broad SMARTS) is 1. The first kappa shape index (κ1) is 24.0. The quantitative estimate of drug-likeness (QED) is 0.320. The molecule has 0 bridgehead atoms. The number of nitrogens with one attached hydrogen (secondary N) is 2. The number of carbonyl (C=O) groups is 2. The Hall–Kier alpha value is -4.11. The molecule has 0 aliphatic rings. The van der Waals surface area contributed by atoms with Gasteiger partial charge in [-0.3, -0.25) is 19.7 Å². The van der Waals surface area contributed by atoms with Crippen LogP contribution in [0.15, 0.2) is 73.1 Å². The summed E-state index contributed by atoms with van der Waals surface area (Å²) in [6, 6.07) is 16.0. The number of aromatic nitrogens is 4. The summed E-state index contributed by atoms with van der Waals surface area (Å²) in [5.74, 6) is -2.82. The van der Waals surface area contributed by atoms with E-state index < -0.39 is 23.8 Å². The second-order valence-electron chi connectivity index (χ2n) is 7.95. The number of amides is 1. The molecule has 0 aliphatic carbocycles. The van der Waals surface area contributed by atoms with Crippen LogP contribution in [-0.4, -0.2) is 43.4 Å². The Bertz CT molecular complexity index is 1300. The second-order valence-corrected chi connectivity index (χ2v) is 8.38. The normalized spacial score (nSPS) is 12.6.